The van der Waals surface area contributed by atoms with Gasteiger partial charge >= 0.3 is 6.03 Å². The molecule has 0 bridgehead atoms. The van der Waals surface area contributed by atoms with Gasteiger partial charge in [-0.2, -0.15) is 0 Å². The van der Waals surface area contributed by atoms with Crippen LogP contribution in [0.1, 0.15) is 37.1 Å². The van der Waals surface area contributed by atoms with E-state index in [1.807, 2.05) is 17.9 Å². The highest BCUT2D eigenvalue weighted by Crippen LogP contribution is 2.36. The van der Waals surface area contributed by atoms with Crippen molar-refractivity contribution in [2.45, 2.75) is 44.8 Å². The molecule has 4 rings (SSSR count). The molecule has 1 N–H and O–H groups in total. The molecule has 1 unspecified atom stereocenters. The Hall–Kier alpha value is -1.60. The van der Waals surface area contributed by atoms with E-state index in [-0.39, 0.29) is 11.6 Å². The molecule has 0 aliphatic carbocycles. The first-order chi connectivity index (χ1) is 12.1. The molecule has 0 aromatic carbocycles. The van der Waals surface area contributed by atoms with Crippen LogP contribution in [0.3, 0.4) is 0 Å². The topological polar surface area (TPSA) is 70.8 Å². The van der Waals surface area contributed by atoms with E-state index in [2.05, 4.69) is 15.4 Å². The van der Waals surface area contributed by atoms with Gasteiger partial charge < -0.3 is 19.5 Å². The number of nitrogens with one attached hydrogen (secondary N) is 1. The second-order valence-electron chi connectivity index (χ2n) is 7.85. The van der Waals surface area contributed by atoms with Crippen molar-refractivity contribution in [1.29, 1.82) is 0 Å². The molecular weight excluding hydrogens is 320 g/mol. The molecule has 1 aromatic rings. The minimum absolute atomic E-state index is 0.0221. The standard InChI is InChI=1S/C18H28N4O3/c1-14-8-16(20-25-14)10-21-12-18(13-21)5-4-15(11-24-18)9-19-17(23)22-6-2-3-7-22/h8,15H,2-7,9-13H2,1H3,(H,19,23). The van der Waals surface area contributed by atoms with Crippen molar-refractivity contribution in [3.05, 3.63) is 17.5 Å². The van der Waals surface area contributed by atoms with Crippen LogP contribution in [0.25, 0.3) is 0 Å². The van der Waals surface area contributed by atoms with Gasteiger partial charge in [-0.25, -0.2) is 4.79 Å². The molecule has 4 heterocycles. The van der Waals surface area contributed by atoms with Crippen molar-refractivity contribution >= 4 is 6.03 Å². The van der Waals surface area contributed by atoms with Gasteiger partial charge in [-0.3, -0.25) is 4.90 Å². The zero-order chi connectivity index (χ0) is 17.3. The third kappa shape index (κ3) is 3.82. The monoisotopic (exact) mass is 348 g/mol. The number of likely N-dealkylation sites (tertiary alicyclic amines) is 2. The molecule has 25 heavy (non-hydrogen) atoms. The largest absolute Gasteiger partial charge is 0.372 e. The van der Waals surface area contributed by atoms with Crippen molar-refractivity contribution in [3.8, 4) is 0 Å². The Balaban J connectivity index is 1.16. The molecule has 0 saturated carbocycles. The zero-order valence-electron chi connectivity index (χ0n) is 15.0. The minimum atomic E-state index is 0.0221. The SMILES string of the molecule is Cc1cc(CN2CC3(CCC(CNC(=O)N4CCCC4)CO3)C2)no1. The number of carbonyl (C=O) groups excluding carboxylic acids is 1. The number of nitrogens with zero attached hydrogens (tertiary/aromatic N) is 3. The summed E-state index contributed by atoms with van der Waals surface area (Å²) in [6, 6.07) is 2.08. The van der Waals surface area contributed by atoms with Crippen molar-refractivity contribution in [3.63, 3.8) is 0 Å². The number of ether oxygens (including phenoxy) is 1. The van der Waals surface area contributed by atoms with Gasteiger partial charge in [0.25, 0.3) is 0 Å². The summed E-state index contributed by atoms with van der Waals surface area (Å²) in [6.07, 6.45) is 4.46. The summed E-state index contributed by atoms with van der Waals surface area (Å²) in [5.41, 5.74) is 1.01. The summed E-state index contributed by atoms with van der Waals surface area (Å²) in [5.74, 6) is 1.29. The number of hydrogen-bond acceptors (Lipinski definition) is 5. The quantitative estimate of drug-likeness (QED) is 0.898. The lowest BCUT2D eigenvalue weighted by Crippen LogP contribution is -2.64. The normalized spacial score (nSPS) is 26.0. The smallest absolute Gasteiger partial charge is 0.317 e. The Morgan fingerprint density at radius 1 is 1.40 bits per heavy atom. The molecule has 3 saturated heterocycles. The molecule has 7 nitrogen and oxygen atoms in total. The van der Waals surface area contributed by atoms with Gasteiger partial charge in [-0.05, 0) is 38.5 Å². The van der Waals surface area contributed by atoms with Crippen LogP contribution < -0.4 is 5.32 Å². The summed E-state index contributed by atoms with van der Waals surface area (Å²) < 4.78 is 11.3. The van der Waals surface area contributed by atoms with E-state index in [0.29, 0.717) is 5.92 Å². The van der Waals surface area contributed by atoms with E-state index in [9.17, 15) is 4.79 Å². The lowest BCUT2D eigenvalue weighted by Gasteiger charge is -2.52. The van der Waals surface area contributed by atoms with Gasteiger partial charge in [-0.15, -0.1) is 0 Å². The summed E-state index contributed by atoms with van der Waals surface area (Å²) in [5, 5.41) is 7.13. The van der Waals surface area contributed by atoms with Crippen molar-refractivity contribution in [1.82, 2.24) is 20.3 Å². The van der Waals surface area contributed by atoms with Crippen molar-refractivity contribution in [2.75, 3.05) is 39.3 Å². The fraction of sp³-hybridized carbons (Fsp3) is 0.778. The van der Waals surface area contributed by atoms with Crippen molar-refractivity contribution < 1.29 is 14.1 Å². The Labute approximate surface area is 148 Å². The van der Waals surface area contributed by atoms with Crippen molar-refractivity contribution in [2.24, 2.45) is 5.92 Å². The van der Waals surface area contributed by atoms with E-state index in [1.165, 1.54) is 0 Å². The molecule has 1 spiro atoms. The van der Waals surface area contributed by atoms with Crippen LogP contribution in [-0.4, -0.2) is 65.9 Å². The summed E-state index contributed by atoms with van der Waals surface area (Å²) in [7, 11) is 0. The first-order valence-corrected chi connectivity index (χ1v) is 9.43. The maximum atomic E-state index is 12.1. The zero-order valence-corrected chi connectivity index (χ0v) is 15.0. The highest BCUT2D eigenvalue weighted by atomic mass is 16.5. The van der Waals surface area contributed by atoms with Crippen LogP contribution in [0, 0.1) is 12.8 Å². The van der Waals surface area contributed by atoms with Crippen LogP contribution in [0.4, 0.5) is 4.79 Å². The Morgan fingerprint density at radius 2 is 2.20 bits per heavy atom. The molecule has 138 valence electrons. The number of aryl methyl sites for hydroxylation is 1. The minimum Gasteiger partial charge on any atom is -0.372 e. The summed E-state index contributed by atoms with van der Waals surface area (Å²) >= 11 is 0. The molecule has 0 radical (unpaired) electrons. The van der Waals surface area contributed by atoms with E-state index < -0.39 is 0 Å². The number of rotatable bonds is 4. The second kappa shape index (κ2) is 6.96. The van der Waals surface area contributed by atoms with Gasteiger partial charge in [0.1, 0.15) is 5.76 Å². The average Bonchev–Trinajstić information content (AvgIpc) is 3.24. The van der Waals surface area contributed by atoms with Gasteiger partial charge in [0.2, 0.25) is 0 Å². The Bertz CT molecular complexity index is 595. The number of carbonyl (C=O) groups is 1. The Kier molecular flexibility index (Phi) is 4.69. The van der Waals surface area contributed by atoms with E-state index in [0.717, 1.165) is 83.0 Å². The highest BCUT2D eigenvalue weighted by molar-refractivity contribution is 5.74. The van der Waals surface area contributed by atoms with Gasteiger partial charge in [-0.1, -0.05) is 5.16 Å². The van der Waals surface area contributed by atoms with Crippen LogP contribution in [0.15, 0.2) is 10.6 Å². The third-order valence-electron chi connectivity index (χ3n) is 5.65. The van der Waals surface area contributed by atoms with E-state index in [4.69, 9.17) is 9.26 Å². The number of hydrogen-bond donors (Lipinski definition) is 1. The summed E-state index contributed by atoms with van der Waals surface area (Å²) in [6.45, 7) is 7.95. The fourth-order valence-corrected chi connectivity index (χ4v) is 4.19. The third-order valence-corrected chi connectivity index (χ3v) is 5.65. The average molecular weight is 348 g/mol. The fourth-order valence-electron chi connectivity index (χ4n) is 4.19. The molecule has 3 fully saturated rings. The van der Waals surface area contributed by atoms with Gasteiger partial charge in [0.15, 0.2) is 0 Å². The number of urea groups is 1. The van der Waals surface area contributed by atoms with E-state index >= 15 is 0 Å². The molecule has 3 aliphatic rings. The highest BCUT2D eigenvalue weighted by Gasteiger charge is 2.46. The number of amides is 2. The first-order valence-electron chi connectivity index (χ1n) is 9.43. The molecular formula is C18H28N4O3. The van der Waals surface area contributed by atoms with E-state index in [1.54, 1.807) is 0 Å². The maximum absolute atomic E-state index is 12.1. The molecule has 1 aromatic heterocycles. The van der Waals surface area contributed by atoms with Crippen LogP contribution >= 0.6 is 0 Å². The summed E-state index contributed by atoms with van der Waals surface area (Å²) in [4.78, 5) is 16.3. The van der Waals surface area contributed by atoms with Crippen LogP contribution in [0.5, 0.6) is 0 Å². The van der Waals surface area contributed by atoms with Gasteiger partial charge in [0.05, 0.1) is 17.9 Å². The Morgan fingerprint density at radius 3 is 2.84 bits per heavy atom. The predicted molar refractivity (Wildman–Crippen MR) is 92.1 cm³/mol. The van der Waals surface area contributed by atoms with Crippen LogP contribution in [0.2, 0.25) is 0 Å². The molecule has 7 heteroatoms. The molecule has 2 amide bonds. The van der Waals surface area contributed by atoms with Crippen LogP contribution in [-0.2, 0) is 11.3 Å². The first kappa shape index (κ1) is 16.8. The lowest BCUT2D eigenvalue weighted by atomic mass is 9.83. The second-order valence-corrected chi connectivity index (χ2v) is 7.85. The molecule has 3 aliphatic heterocycles. The van der Waals surface area contributed by atoms with Gasteiger partial charge in [0, 0.05) is 45.3 Å². The molecule has 1 atom stereocenters. The predicted octanol–water partition coefficient (Wildman–Crippen LogP) is 1.77. The lowest BCUT2D eigenvalue weighted by molar-refractivity contribution is -0.181. The maximum Gasteiger partial charge on any atom is 0.317 e. The number of aromatic nitrogens is 1.